The second-order valence-electron chi connectivity index (χ2n) is 5.74. The summed E-state index contributed by atoms with van der Waals surface area (Å²) in [5, 5.41) is 0. The molecule has 1 amide bonds. The minimum absolute atomic E-state index is 0.0608. The molecule has 122 valence electrons. The summed E-state index contributed by atoms with van der Waals surface area (Å²) in [6.45, 7) is 3.08. The Hall–Kier alpha value is -2.36. The number of carbonyl (C=O) groups excluding carboxylic acids is 1. The van der Waals surface area contributed by atoms with Gasteiger partial charge in [0, 0.05) is 32.9 Å². The van der Waals surface area contributed by atoms with E-state index >= 15 is 0 Å². The maximum atomic E-state index is 13.7. The SMILES string of the molecule is CCN(Cc1ccc(N(C)C)cc1)C(=O)Cc1ccccc1F. The summed E-state index contributed by atoms with van der Waals surface area (Å²) < 4.78 is 13.7. The van der Waals surface area contributed by atoms with Crippen LogP contribution in [0.25, 0.3) is 0 Å². The van der Waals surface area contributed by atoms with Crippen LogP contribution in [0.3, 0.4) is 0 Å². The first-order valence-corrected chi connectivity index (χ1v) is 7.78. The van der Waals surface area contributed by atoms with E-state index < -0.39 is 0 Å². The van der Waals surface area contributed by atoms with Crippen molar-refractivity contribution in [2.45, 2.75) is 19.9 Å². The van der Waals surface area contributed by atoms with E-state index in [0.717, 1.165) is 11.3 Å². The van der Waals surface area contributed by atoms with Crippen molar-refractivity contribution in [2.75, 3.05) is 25.5 Å². The van der Waals surface area contributed by atoms with Crippen LogP contribution in [0.4, 0.5) is 10.1 Å². The Labute approximate surface area is 137 Å². The largest absolute Gasteiger partial charge is 0.378 e. The lowest BCUT2D eigenvalue weighted by Crippen LogP contribution is -2.31. The number of likely N-dealkylation sites (N-methyl/N-ethyl adjacent to an activating group) is 1. The molecule has 4 heteroatoms. The highest BCUT2D eigenvalue weighted by atomic mass is 19.1. The van der Waals surface area contributed by atoms with Crippen molar-refractivity contribution in [3.05, 3.63) is 65.5 Å². The topological polar surface area (TPSA) is 23.6 Å². The zero-order valence-corrected chi connectivity index (χ0v) is 13.9. The predicted octanol–water partition coefficient (Wildman–Crippen LogP) is 3.48. The van der Waals surface area contributed by atoms with Gasteiger partial charge in [0.15, 0.2) is 0 Å². The van der Waals surface area contributed by atoms with Gasteiger partial charge in [-0.3, -0.25) is 4.79 Å². The van der Waals surface area contributed by atoms with Crippen molar-refractivity contribution >= 4 is 11.6 Å². The summed E-state index contributed by atoms with van der Waals surface area (Å²) in [5.41, 5.74) is 2.63. The first-order chi connectivity index (χ1) is 11.0. The van der Waals surface area contributed by atoms with Crippen molar-refractivity contribution in [1.29, 1.82) is 0 Å². The van der Waals surface area contributed by atoms with Gasteiger partial charge in [-0.2, -0.15) is 0 Å². The molecule has 0 aliphatic rings. The van der Waals surface area contributed by atoms with E-state index in [1.54, 1.807) is 23.1 Å². The van der Waals surface area contributed by atoms with Crippen molar-refractivity contribution in [3.8, 4) is 0 Å². The zero-order chi connectivity index (χ0) is 16.8. The van der Waals surface area contributed by atoms with Gasteiger partial charge in [0.1, 0.15) is 5.82 Å². The van der Waals surface area contributed by atoms with Crippen molar-refractivity contribution in [1.82, 2.24) is 4.90 Å². The fourth-order valence-corrected chi connectivity index (χ4v) is 2.41. The Balaban J connectivity index is 2.04. The van der Waals surface area contributed by atoms with Crippen LogP contribution in [0.2, 0.25) is 0 Å². The molecule has 0 unspecified atom stereocenters. The summed E-state index contributed by atoms with van der Waals surface area (Å²) in [7, 11) is 3.98. The average molecular weight is 314 g/mol. The van der Waals surface area contributed by atoms with Crippen molar-refractivity contribution in [3.63, 3.8) is 0 Å². The normalized spacial score (nSPS) is 10.4. The average Bonchev–Trinajstić information content (AvgIpc) is 2.55. The number of halogens is 1. The Morgan fingerprint density at radius 2 is 1.70 bits per heavy atom. The Kier molecular flexibility index (Phi) is 5.74. The predicted molar refractivity (Wildman–Crippen MR) is 92.0 cm³/mol. The smallest absolute Gasteiger partial charge is 0.227 e. The molecule has 0 N–H and O–H groups in total. The van der Waals surface area contributed by atoms with E-state index in [9.17, 15) is 9.18 Å². The molecular weight excluding hydrogens is 291 g/mol. The molecule has 0 saturated carbocycles. The van der Waals surface area contributed by atoms with E-state index in [2.05, 4.69) is 0 Å². The van der Waals surface area contributed by atoms with Gasteiger partial charge in [0.05, 0.1) is 6.42 Å². The van der Waals surface area contributed by atoms with Crippen LogP contribution in [-0.4, -0.2) is 31.4 Å². The molecule has 0 aromatic heterocycles. The lowest BCUT2D eigenvalue weighted by atomic mass is 10.1. The van der Waals surface area contributed by atoms with E-state index in [0.29, 0.717) is 18.7 Å². The summed E-state index contributed by atoms with van der Waals surface area (Å²) in [5.74, 6) is -0.387. The number of hydrogen-bond donors (Lipinski definition) is 0. The van der Waals surface area contributed by atoms with Crippen molar-refractivity contribution in [2.24, 2.45) is 0 Å². The second kappa shape index (κ2) is 7.77. The molecule has 0 aliphatic carbocycles. The molecule has 23 heavy (non-hydrogen) atoms. The molecule has 2 rings (SSSR count). The molecule has 0 spiro atoms. The molecule has 0 fully saturated rings. The minimum Gasteiger partial charge on any atom is -0.378 e. The van der Waals surface area contributed by atoms with Crippen LogP contribution in [0.15, 0.2) is 48.5 Å². The first kappa shape index (κ1) is 17.0. The van der Waals surface area contributed by atoms with Crippen LogP contribution in [0, 0.1) is 5.82 Å². The number of nitrogens with zero attached hydrogens (tertiary/aromatic N) is 2. The highest BCUT2D eigenvalue weighted by molar-refractivity contribution is 5.78. The van der Waals surface area contributed by atoms with E-state index in [-0.39, 0.29) is 18.1 Å². The Morgan fingerprint density at radius 1 is 1.04 bits per heavy atom. The highest BCUT2D eigenvalue weighted by Crippen LogP contribution is 2.15. The summed E-state index contributed by atoms with van der Waals surface area (Å²) in [6.07, 6.45) is 0.0935. The third-order valence-corrected chi connectivity index (χ3v) is 3.86. The number of amides is 1. The van der Waals surface area contributed by atoms with Crippen LogP contribution < -0.4 is 4.90 Å². The molecule has 0 atom stereocenters. The Morgan fingerprint density at radius 3 is 2.26 bits per heavy atom. The van der Waals surface area contributed by atoms with Gasteiger partial charge in [-0.15, -0.1) is 0 Å². The maximum absolute atomic E-state index is 13.7. The maximum Gasteiger partial charge on any atom is 0.227 e. The summed E-state index contributed by atoms with van der Waals surface area (Å²) >= 11 is 0. The minimum atomic E-state index is -0.327. The van der Waals surface area contributed by atoms with Crippen molar-refractivity contribution < 1.29 is 9.18 Å². The fraction of sp³-hybridized carbons (Fsp3) is 0.316. The first-order valence-electron chi connectivity index (χ1n) is 7.78. The van der Waals surface area contributed by atoms with Gasteiger partial charge < -0.3 is 9.80 Å². The highest BCUT2D eigenvalue weighted by Gasteiger charge is 2.14. The van der Waals surface area contributed by atoms with Crippen LogP contribution in [0.5, 0.6) is 0 Å². The van der Waals surface area contributed by atoms with E-state index in [1.807, 2.05) is 50.2 Å². The van der Waals surface area contributed by atoms with Gasteiger partial charge in [0.25, 0.3) is 0 Å². The zero-order valence-electron chi connectivity index (χ0n) is 13.9. The fourth-order valence-electron chi connectivity index (χ4n) is 2.41. The third kappa shape index (κ3) is 4.55. The van der Waals surface area contributed by atoms with Gasteiger partial charge in [-0.1, -0.05) is 30.3 Å². The lowest BCUT2D eigenvalue weighted by molar-refractivity contribution is -0.130. The monoisotopic (exact) mass is 314 g/mol. The van der Waals surface area contributed by atoms with Crippen LogP contribution in [0.1, 0.15) is 18.1 Å². The molecule has 2 aromatic carbocycles. The third-order valence-electron chi connectivity index (χ3n) is 3.86. The molecule has 0 radical (unpaired) electrons. The number of carbonyl (C=O) groups is 1. The second-order valence-corrected chi connectivity index (χ2v) is 5.74. The number of hydrogen-bond acceptors (Lipinski definition) is 2. The summed E-state index contributed by atoms with van der Waals surface area (Å²) in [4.78, 5) is 16.2. The molecule has 3 nitrogen and oxygen atoms in total. The number of benzene rings is 2. The Bertz CT molecular complexity index is 653. The van der Waals surface area contributed by atoms with Crippen LogP contribution >= 0.6 is 0 Å². The summed E-state index contributed by atoms with van der Waals surface area (Å²) in [6, 6.07) is 14.5. The lowest BCUT2D eigenvalue weighted by Gasteiger charge is -2.22. The standard InChI is InChI=1S/C19H23FN2O/c1-4-22(14-15-9-11-17(12-10-15)21(2)3)19(23)13-16-7-5-6-8-18(16)20/h5-12H,4,13-14H2,1-3H3. The molecule has 0 bridgehead atoms. The van der Waals surface area contributed by atoms with E-state index in [4.69, 9.17) is 0 Å². The molecule has 0 saturated heterocycles. The van der Waals surface area contributed by atoms with E-state index in [1.165, 1.54) is 6.07 Å². The molecular formula is C19H23FN2O. The number of anilines is 1. The van der Waals surface area contributed by atoms with Crippen LogP contribution in [-0.2, 0) is 17.8 Å². The molecule has 0 heterocycles. The molecule has 0 aliphatic heterocycles. The van der Waals surface area contributed by atoms with Gasteiger partial charge in [-0.05, 0) is 36.2 Å². The molecule has 2 aromatic rings. The van der Waals surface area contributed by atoms with Gasteiger partial charge in [0.2, 0.25) is 5.91 Å². The quantitative estimate of drug-likeness (QED) is 0.815. The van der Waals surface area contributed by atoms with Gasteiger partial charge >= 0.3 is 0 Å². The van der Waals surface area contributed by atoms with Gasteiger partial charge in [-0.25, -0.2) is 4.39 Å². The number of rotatable bonds is 6.